The van der Waals surface area contributed by atoms with Gasteiger partial charge in [-0.2, -0.15) is 0 Å². The maximum Gasteiger partial charge on any atom is 0.306 e. The summed E-state index contributed by atoms with van der Waals surface area (Å²) < 4.78 is 0. The van der Waals surface area contributed by atoms with E-state index in [9.17, 15) is 4.79 Å². The van der Waals surface area contributed by atoms with Crippen molar-refractivity contribution in [1.82, 2.24) is 0 Å². The standard InChI is InChI=1S/C9H16O2/c1-3-5-6-7-8(4-2)9(10)11/h5-6,8H,3-4,7H2,1-2H3,(H,10,11). The highest BCUT2D eigenvalue weighted by Gasteiger charge is 2.11. The van der Waals surface area contributed by atoms with Crippen LogP contribution in [0.2, 0.25) is 0 Å². The van der Waals surface area contributed by atoms with Crippen molar-refractivity contribution >= 4 is 5.97 Å². The number of hydrogen-bond donors (Lipinski definition) is 1. The molecular formula is C9H16O2. The van der Waals surface area contributed by atoms with Gasteiger partial charge in [-0.15, -0.1) is 0 Å². The van der Waals surface area contributed by atoms with Gasteiger partial charge in [-0.05, 0) is 19.3 Å². The zero-order chi connectivity index (χ0) is 8.69. The molecular weight excluding hydrogens is 140 g/mol. The van der Waals surface area contributed by atoms with Gasteiger partial charge < -0.3 is 5.11 Å². The Morgan fingerprint density at radius 3 is 2.45 bits per heavy atom. The van der Waals surface area contributed by atoms with Gasteiger partial charge in [-0.1, -0.05) is 26.0 Å². The molecule has 2 heteroatoms. The molecule has 0 spiro atoms. The first-order chi connectivity index (χ1) is 5.22. The van der Waals surface area contributed by atoms with Gasteiger partial charge in [0.25, 0.3) is 0 Å². The molecule has 0 aromatic carbocycles. The van der Waals surface area contributed by atoms with Gasteiger partial charge in [0.15, 0.2) is 0 Å². The smallest absolute Gasteiger partial charge is 0.306 e. The van der Waals surface area contributed by atoms with Crippen molar-refractivity contribution in [2.75, 3.05) is 0 Å². The normalized spacial score (nSPS) is 13.6. The second-order valence-electron chi connectivity index (χ2n) is 2.56. The molecule has 0 radical (unpaired) electrons. The summed E-state index contributed by atoms with van der Waals surface area (Å²) in [7, 11) is 0. The monoisotopic (exact) mass is 156 g/mol. The van der Waals surface area contributed by atoms with Crippen molar-refractivity contribution in [2.45, 2.75) is 33.1 Å². The van der Waals surface area contributed by atoms with Crippen molar-refractivity contribution in [2.24, 2.45) is 5.92 Å². The van der Waals surface area contributed by atoms with Crippen molar-refractivity contribution in [1.29, 1.82) is 0 Å². The summed E-state index contributed by atoms with van der Waals surface area (Å²) in [5.41, 5.74) is 0. The highest BCUT2D eigenvalue weighted by molar-refractivity contribution is 5.70. The summed E-state index contributed by atoms with van der Waals surface area (Å²) >= 11 is 0. The number of carbonyl (C=O) groups is 1. The van der Waals surface area contributed by atoms with E-state index >= 15 is 0 Å². The lowest BCUT2D eigenvalue weighted by Crippen LogP contribution is -2.11. The van der Waals surface area contributed by atoms with E-state index in [2.05, 4.69) is 0 Å². The lowest BCUT2D eigenvalue weighted by atomic mass is 10.0. The molecule has 64 valence electrons. The van der Waals surface area contributed by atoms with Gasteiger partial charge in [-0.25, -0.2) is 0 Å². The molecule has 2 nitrogen and oxygen atoms in total. The van der Waals surface area contributed by atoms with Gasteiger partial charge in [-0.3, -0.25) is 4.79 Å². The third-order valence-corrected chi connectivity index (χ3v) is 1.67. The lowest BCUT2D eigenvalue weighted by molar-refractivity contribution is -0.141. The summed E-state index contributed by atoms with van der Waals surface area (Å²) in [4.78, 5) is 10.5. The molecule has 0 saturated carbocycles. The van der Waals surface area contributed by atoms with E-state index in [0.717, 1.165) is 6.42 Å². The SMILES string of the molecule is CCC=CCC(CC)C(=O)O. The first-order valence-corrected chi connectivity index (χ1v) is 4.10. The maximum atomic E-state index is 10.5. The van der Waals surface area contributed by atoms with Crippen LogP contribution in [0.3, 0.4) is 0 Å². The summed E-state index contributed by atoms with van der Waals surface area (Å²) in [5.74, 6) is -0.883. The Hall–Kier alpha value is -0.790. The average Bonchev–Trinajstić information content (AvgIpc) is 1.97. The Balaban J connectivity index is 3.69. The lowest BCUT2D eigenvalue weighted by Gasteiger charge is -2.04. The molecule has 1 N–H and O–H groups in total. The highest BCUT2D eigenvalue weighted by Crippen LogP contribution is 2.08. The Morgan fingerprint density at radius 2 is 2.09 bits per heavy atom. The van der Waals surface area contributed by atoms with E-state index in [4.69, 9.17) is 5.11 Å². The molecule has 0 aliphatic carbocycles. The van der Waals surface area contributed by atoms with Crippen molar-refractivity contribution in [3.05, 3.63) is 12.2 Å². The largest absolute Gasteiger partial charge is 0.481 e. The number of allylic oxidation sites excluding steroid dienone is 2. The minimum absolute atomic E-state index is 0.196. The molecule has 0 aromatic heterocycles. The van der Waals surface area contributed by atoms with E-state index in [1.165, 1.54) is 0 Å². The minimum atomic E-state index is -0.687. The molecule has 11 heavy (non-hydrogen) atoms. The van der Waals surface area contributed by atoms with Gasteiger partial charge >= 0.3 is 5.97 Å². The number of hydrogen-bond acceptors (Lipinski definition) is 1. The average molecular weight is 156 g/mol. The number of aliphatic carboxylic acids is 1. The topological polar surface area (TPSA) is 37.3 Å². The van der Waals surface area contributed by atoms with E-state index in [-0.39, 0.29) is 5.92 Å². The molecule has 0 aliphatic rings. The molecule has 0 saturated heterocycles. The fourth-order valence-corrected chi connectivity index (χ4v) is 0.869. The molecule has 0 heterocycles. The predicted octanol–water partition coefficient (Wildman–Crippen LogP) is 2.45. The molecule has 0 aliphatic heterocycles. The van der Waals surface area contributed by atoms with Gasteiger partial charge in [0.1, 0.15) is 0 Å². The molecule has 1 unspecified atom stereocenters. The van der Waals surface area contributed by atoms with Crippen molar-refractivity contribution in [3.8, 4) is 0 Å². The van der Waals surface area contributed by atoms with Crippen LogP contribution in [-0.4, -0.2) is 11.1 Å². The number of rotatable bonds is 5. The van der Waals surface area contributed by atoms with Crippen LogP contribution in [0.4, 0.5) is 0 Å². The number of carboxylic acid groups (broad SMARTS) is 1. The summed E-state index contributed by atoms with van der Waals surface area (Å²) in [6.07, 6.45) is 6.31. The second-order valence-corrected chi connectivity index (χ2v) is 2.56. The van der Waals surface area contributed by atoms with Crippen LogP contribution >= 0.6 is 0 Å². The molecule has 0 rings (SSSR count). The molecule has 1 atom stereocenters. The van der Waals surface area contributed by atoms with Crippen LogP contribution in [0, 0.1) is 5.92 Å². The second kappa shape index (κ2) is 5.96. The van der Waals surface area contributed by atoms with E-state index < -0.39 is 5.97 Å². The van der Waals surface area contributed by atoms with Crippen LogP contribution in [0.15, 0.2) is 12.2 Å². The van der Waals surface area contributed by atoms with E-state index in [1.807, 2.05) is 26.0 Å². The maximum absolute atomic E-state index is 10.5. The molecule has 0 amide bonds. The van der Waals surface area contributed by atoms with Crippen LogP contribution < -0.4 is 0 Å². The van der Waals surface area contributed by atoms with Crippen molar-refractivity contribution < 1.29 is 9.90 Å². The van der Waals surface area contributed by atoms with Crippen molar-refractivity contribution in [3.63, 3.8) is 0 Å². The van der Waals surface area contributed by atoms with E-state index in [1.54, 1.807) is 0 Å². The van der Waals surface area contributed by atoms with E-state index in [0.29, 0.717) is 12.8 Å². The zero-order valence-corrected chi connectivity index (χ0v) is 7.21. The van der Waals surface area contributed by atoms with Gasteiger partial charge in [0.2, 0.25) is 0 Å². The fraction of sp³-hybridized carbons (Fsp3) is 0.667. The van der Waals surface area contributed by atoms with Crippen LogP contribution in [-0.2, 0) is 4.79 Å². The summed E-state index contributed by atoms with van der Waals surface area (Å²) in [5, 5.41) is 8.64. The molecule has 0 aromatic rings. The Labute approximate surface area is 67.9 Å². The summed E-state index contributed by atoms with van der Waals surface area (Å²) in [6, 6.07) is 0. The Bertz CT molecular complexity index is 138. The van der Waals surface area contributed by atoms with Crippen LogP contribution in [0.25, 0.3) is 0 Å². The first kappa shape index (κ1) is 10.2. The van der Waals surface area contributed by atoms with Crippen LogP contribution in [0.5, 0.6) is 0 Å². The van der Waals surface area contributed by atoms with Gasteiger partial charge in [0.05, 0.1) is 5.92 Å². The van der Waals surface area contributed by atoms with Crippen LogP contribution in [0.1, 0.15) is 33.1 Å². The number of carboxylic acids is 1. The first-order valence-electron chi connectivity index (χ1n) is 4.10. The van der Waals surface area contributed by atoms with Gasteiger partial charge in [0, 0.05) is 0 Å². The zero-order valence-electron chi connectivity index (χ0n) is 7.21. The highest BCUT2D eigenvalue weighted by atomic mass is 16.4. The third kappa shape index (κ3) is 4.59. The quantitative estimate of drug-likeness (QED) is 0.621. The Morgan fingerprint density at radius 1 is 1.45 bits per heavy atom. The minimum Gasteiger partial charge on any atom is -0.481 e. The Kier molecular flexibility index (Phi) is 5.53. The fourth-order valence-electron chi connectivity index (χ4n) is 0.869. The molecule has 0 bridgehead atoms. The third-order valence-electron chi connectivity index (χ3n) is 1.67. The molecule has 0 fully saturated rings. The summed E-state index contributed by atoms with van der Waals surface area (Å²) in [6.45, 7) is 3.94. The predicted molar refractivity (Wildman–Crippen MR) is 45.5 cm³/mol.